The number of aryl methyl sites for hydroxylation is 2. The third-order valence-corrected chi connectivity index (χ3v) is 6.40. The summed E-state index contributed by atoms with van der Waals surface area (Å²) in [7, 11) is 0. The van der Waals surface area contributed by atoms with Crippen LogP contribution in [-0.4, -0.2) is 21.2 Å². The van der Waals surface area contributed by atoms with Crippen LogP contribution >= 0.6 is 23.1 Å². The van der Waals surface area contributed by atoms with E-state index < -0.39 is 0 Å². The Morgan fingerprint density at radius 1 is 1.32 bits per heavy atom. The van der Waals surface area contributed by atoms with Crippen LogP contribution in [0.25, 0.3) is 10.2 Å². The molecule has 2 heterocycles. The standard InChI is InChI=1S/C20H20N4O2S2/c1-11(2)24-19(26)17-12(3)13(4)28-18(17)23-20(24)27-10-16(25)22-15-7-5-14(9-21)6-8-15/h5-8,11H,10H2,1-4H3,(H,22,25). The number of carbonyl (C=O) groups is 1. The Bertz CT molecular complexity index is 1140. The summed E-state index contributed by atoms with van der Waals surface area (Å²) in [5.74, 6) is -0.0634. The molecule has 0 aliphatic carbocycles. The first-order valence-corrected chi connectivity index (χ1v) is 10.6. The van der Waals surface area contributed by atoms with Crippen molar-refractivity contribution in [1.29, 1.82) is 5.26 Å². The van der Waals surface area contributed by atoms with Gasteiger partial charge in [-0.15, -0.1) is 11.3 Å². The molecule has 0 spiro atoms. The van der Waals surface area contributed by atoms with E-state index in [9.17, 15) is 9.59 Å². The molecule has 0 unspecified atom stereocenters. The fraction of sp³-hybridized carbons (Fsp3) is 0.300. The lowest BCUT2D eigenvalue weighted by molar-refractivity contribution is -0.113. The molecule has 1 N–H and O–H groups in total. The van der Waals surface area contributed by atoms with Crippen LogP contribution in [-0.2, 0) is 4.79 Å². The fourth-order valence-electron chi connectivity index (χ4n) is 2.80. The third kappa shape index (κ3) is 3.96. The van der Waals surface area contributed by atoms with Crippen LogP contribution in [0, 0.1) is 25.2 Å². The summed E-state index contributed by atoms with van der Waals surface area (Å²) in [6, 6.07) is 8.65. The Kier molecular flexibility index (Phi) is 5.87. The number of nitrogens with zero attached hydrogens (tertiary/aromatic N) is 3. The Morgan fingerprint density at radius 2 is 2.00 bits per heavy atom. The number of nitrogens with one attached hydrogen (secondary N) is 1. The maximum atomic E-state index is 13.0. The molecule has 0 fully saturated rings. The molecule has 0 aliphatic heterocycles. The van der Waals surface area contributed by atoms with E-state index in [0.717, 1.165) is 10.4 Å². The van der Waals surface area contributed by atoms with Gasteiger partial charge in [0.25, 0.3) is 5.56 Å². The highest BCUT2D eigenvalue weighted by Crippen LogP contribution is 2.29. The van der Waals surface area contributed by atoms with Gasteiger partial charge in [0.05, 0.1) is 22.8 Å². The average Bonchev–Trinajstić information content (AvgIpc) is 2.94. The van der Waals surface area contributed by atoms with Gasteiger partial charge in [-0.05, 0) is 57.5 Å². The first kappa shape index (κ1) is 20.1. The molecule has 2 aromatic heterocycles. The largest absolute Gasteiger partial charge is 0.325 e. The van der Waals surface area contributed by atoms with Crippen molar-refractivity contribution >= 4 is 44.9 Å². The zero-order chi connectivity index (χ0) is 20.4. The lowest BCUT2D eigenvalue weighted by Gasteiger charge is -2.15. The zero-order valence-corrected chi connectivity index (χ0v) is 17.7. The molecule has 1 amide bonds. The number of carbonyl (C=O) groups excluding carboxylic acids is 1. The van der Waals surface area contributed by atoms with Gasteiger partial charge < -0.3 is 5.32 Å². The number of benzene rings is 1. The lowest BCUT2D eigenvalue weighted by Crippen LogP contribution is -2.25. The molecular formula is C20H20N4O2S2. The van der Waals surface area contributed by atoms with Crippen molar-refractivity contribution in [2.45, 2.75) is 38.9 Å². The van der Waals surface area contributed by atoms with Crippen LogP contribution in [0.4, 0.5) is 5.69 Å². The molecule has 0 bridgehead atoms. The van der Waals surface area contributed by atoms with Gasteiger partial charge in [0.15, 0.2) is 5.16 Å². The van der Waals surface area contributed by atoms with Gasteiger partial charge in [-0.1, -0.05) is 11.8 Å². The van der Waals surface area contributed by atoms with Gasteiger partial charge in [-0.25, -0.2) is 4.98 Å². The second-order valence-corrected chi connectivity index (χ2v) is 8.80. The number of aromatic nitrogens is 2. The summed E-state index contributed by atoms with van der Waals surface area (Å²) in [5.41, 5.74) is 2.07. The van der Waals surface area contributed by atoms with Crippen LogP contribution in [0.2, 0.25) is 0 Å². The quantitative estimate of drug-likeness (QED) is 0.500. The van der Waals surface area contributed by atoms with Crippen LogP contribution in [0.5, 0.6) is 0 Å². The molecule has 144 valence electrons. The SMILES string of the molecule is Cc1sc2nc(SCC(=O)Nc3ccc(C#N)cc3)n(C(C)C)c(=O)c2c1C. The Balaban J connectivity index is 1.83. The summed E-state index contributed by atoms with van der Waals surface area (Å²) in [5, 5.41) is 12.8. The van der Waals surface area contributed by atoms with Crippen LogP contribution in [0.15, 0.2) is 34.2 Å². The Labute approximate surface area is 171 Å². The lowest BCUT2D eigenvalue weighted by atomic mass is 10.2. The van der Waals surface area contributed by atoms with Gasteiger partial charge in [-0.2, -0.15) is 5.26 Å². The van der Waals surface area contributed by atoms with E-state index in [1.54, 1.807) is 28.8 Å². The highest BCUT2D eigenvalue weighted by Gasteiger charge is 2.19. The van der Waals surface area contributed by atoms with Crippen molar-refractivity contribution in [1.82, 2.24) is 9.55 Å². The van der Waals surface area contributed by atoms with Gasteiger partial charge in [0.2, 0.25) is 5.91 Å². The highest BCUT2D eigenvalue weighted by atomic mass is 32.2. The predicted molar refractivity (Wildman–Crippen MR) is 114 cm³/mol. The smallest absolute Gasteiger partial charge is 0.263 e. The first-order valence-electron chi connectivity index (χ1n) is 8.77. The molecular weight excluding hydrogens is 392 g/mol. The monoisotopic (exact) mass is 412 g/mol. The Hall–Kier alpha value is -2.63. The molecule has 1 aromatic carbocycles. The fourth-order valence-corrected chi connectivity index (χ4v) is 4.80. The minimum atomic E-state index is -0.196. The summed E-state index contributed by atoms with van der Waals surface area (Å²) >= 11 is 2.75. The summed E-state index contributed by atoms with van der Waals surface area (Å²) < 4.78 is 1.65. The van der Waals surface area contributed by atoms with E-state index in [0.29, 0.717) is 26.6 Å². The first-order chi connectivity index (χ1) is 13.3. The molecule has 0 saturated carbocycles. The van der Waals surface area contributed by atoms with Crippen molar-refractivity contribution < 1.29 is 4.79 Å². The predicted octanol–water partition coefficient (Wildman–Crippen LogP) is 4.26. The Morgan fingerprint density at radius 3 is 2.61 bits per heavy atom. The molecule has 0 radical (unpaired) electrons. The number of hydrogen-bond donors (Lipinski definition) is 1. The van der Waals surface area contributed by atoms with E-state index >= 15 is 0 Å². The average molecular weight is 413 g/mol. The molecule has 6 nitrogen and oxygen atoms in total. The third-order valence-electron chi connectivity index (χ3n) is 4.35. The van der Waals surface area contributed by atoms with E-state index in [1.165, 1.54) is 23.1 Å². The maximum absolute atomic E-state index is 13.0. The van der Waals surface area contributed by atoms with E-state index in [1.807, 2.05) is 33.8 Å². The number of anilines is 1. The minimum Gasteiger partial charge on any atom is -0.325 e. The number of nitriles is 1. The molecule has 8 heteroatoms. The molecule has 3 aromatic rings. The van der Waals surface area contributed by atoms with Crippen LogP contribution in [0.1, 0.15) is 35.9 Å². The summed E-state index contributed by atoms with van der Waals surface area (Å²) in [4.78, 5) is 31.8. The van der Waals surface area contributed by atoms with Gasteiger partial charge in [0.1, 0.15) is 4.83 Å². The molecule has 3 rings (SSSR count). The summed E-state index contributed by atoms with van der Waals surface area (Å²) in [6.07, 6.45) is 0. The van der Waals surface area contributed by atoms with Crippen LogP contribution < -0.4 is 10.9 Å². The van der Waals surface area contributed by atoms with Gasteiger partial charge in [0, 0.05) is 16.6 Å². The van der Waals surface area contributed by atoms with E-state index in [4.69, 9.17) is 5.26 Å². The topological polar surface area (TPSA) is 87.8 Å². The molecule has 0 aliphatic rings. The number of thiophene rings is 1. The van der Waals surface area contributed by atoms with E-state index in [2.05, 4.69) is 10.3 Å². The number of hydrogen-bond acceptors (Lipinski definition) is 6. The number of rotatable bonds is 5. The normalized spacial score (nSPS) is 11.0. The maximum Gasteiger partial charge on any atom is 0.263 e. The second-order valence-electron chi connectivity index (χ2n) is 6.65. The van der Waals surface area contributed by atoms with Crippen molar-refractivity contribution in [2.75, 3.05) is 11.1 Å². The molecule has 0 saturated heterocycles. The number of amides is 1. The van der Waals surface area contributed by atoms with Crippen molar-refractivity contribution in [2.24, 2.45) is 0 Å². The van der Waals surface area contributed by atoms with Crippen molar-refractivity contribution in [3.63, 3.8) is 0 Å². The zero-order valence-electron chi connectivity index (χ0n) is 16.1. The van der Waals surface area contributed by atoms with E-state index in [-0.39, 0.29) is 23.3 Å². The van der Waals surface area contributed by atoms with Crippen molar-refractivity contribution in [3.05, 3.63) is 50.6 Å². The highest BCUT2D eigenvalue weighted by molar-refractivity contribution is 7.99. The summed E-state index contributed by atoms with van der Waals surface area (Å²) in [6.45, 7) is 7.80. The minimum absolute atomic E-state index is 0.0585. The number of thioether (sulfide) groups is 1. The van der Waals surface area contributed by atoms with Gasteiger partial charge in [-0.3, -0.25) is 14.2 Å². The second kappa shape index (κ2) is 8.17. The number of fused-ring (bicyclic) bond motifs is 1. The van der Waals surface area contributed by atoms with Crippen LogP contribution in [0.3, 0.4) is 0 Å². The molecule has 0 atom stereocenters. The molecule has 28 heavy (non-hydrogen) atoms. The van der Waals surface area contributed by atoms with Gasteiger partial charge >= 0.3 is 0 Å². The van der Waals surface area contributed by atoms with Crippen molar-refractivity contribution in [3.8, 4) is 6.07 Å².